The van der Waals surface area contributed by atoms with E-state index in [1.165, 1.54) is 22.9 Å². The van der Waals surface area contributed by atoms with Gasteiger partial charge in [0.1, 0.15) is 0 Å². The van der Waals surface area contributed by atoms with Gasteiger partial charge in [0.15, 0.2) is 0 Å². The first-order valence-electron chi connectivity index (χ1n) is 0.440. The van der Waals surface area contributed by atoms with Crippen molar-refractivity contribution in [3.63, 3.8) is 0 Å². The Balaban J connectivity index is 0. The molecule has 0 unspecified atom stereocenters. The van der Waals surface area contributed by atoms with Gasteiger partial charge in [-0.05, 0) is 0 Å². The Bertz CT molecular complexity index is 4.00. The fourth-order valence-corrected chi connectivity index (χ4v) is 0. The Morgan fingerprint density at radius 1 is 1.75 bits per heavy atom. The molecule has 0 spiro atoms. The molecular weight excluding hydrogens is 269 g/mol. The molecule has 0 aliphatic carbocycles. The third-order valence-corrected chi connectivity index (χ3v) is 0. The van der Waals surface area contributed by atoms with E-state index >= 15 is 0 Å². The van der Waals surface area contributed by atoms with Crippen molar-refractivity contribution in [3.05, 3.63) is 0 Å². The zero-order valence-electron chi connectivity index (χ0n) is 1.99. The molecule has 0 saturated carbocycles. The van der Waals surface area contributed by atoms with Crippen molar-refractivity contribution in [1.82, 2.24) is 0 Å². The summed E-state index contributed by atoms with van der Waals surface area (Å²) in [6.07, 6.45) is 0. The summed E-state index contributed by atoms with van der Waals surface area (Å²) in [5, 5.41) is 0. The molecule has 0 saturated heterocycles. The second-order valence-corrected chi connectivity index (χ2v) is 5.30. The average molecular weight is 272 g/mol. The summed E-state index contributed by atoms with van der Waals surface area (Å²) in [5.74, 6) is 0. The molecule has 0 aromatic carbocycles. The van der Waals surface area contributed by atoms with Crippen molar-refractivity contribution in [3.8, 4) is 0 Å². The van der Waals surface area contributed by atoms with Crippen LogP contribution in [0.2, 0.25) is 0 Å². The third-order valence-electron chi connectivity index (χ3n) is 0. The van der Waals surface area contributed by atoms with Crippen LogP contribution in [0.4, 0.5) is 0 Å². The van der Waals surface area contributed by atoms with Crippen molar-refractivity contribution in [2.24, 2.45) is 0 Å². The first-order chi connectivity index (χ1) is 1.41. The van der Waals surface area contributed by atoms with Crippen molar-refractivity contribution >= 4 is 45.9 Å². The second kappa shape index (κ2) is 8.82. The van der Waals surface area contributed by atoms with Crippen LogP contribution in [-0.2, 0) is 1.41 Å². The van der Waals surface area contributed by atoms with Gasteiger partial charge in [0.05, 0.1) is 0 Å². The van der Waals surface area contributed by atoms with Gasteiger partial charge in [0.2, 0.25) is 0 Å². The second-order valence-electron chi connectivity index (χ2n) is 0.118. The first-order valence-corrected chi connectivity index (χ1v) is 2.95. The van der Waals surface area contributed by atoms with Crippen molar-refractivity contribution < 1.29 is 6.89 Å². The van der Waals surface area contributed by atoms with Crippen LogP contribution < -0.4 is 0 Å². The van der Waals surface area contributed by atoms with E-state index in [1.54, 1.807) is 0 Å². The predicted octanol–water partition coefficient (Wildman–Crippen LogP) is -1.92. The number of hydrogen-bond acceptors (Lipinski definition) is 1. The minimum absolute atomic E-state index is 0. The Hall–Kier alpha value is 1.52. The van der Waals surface area contributed by atoms with Gasteiger partial charge < -0.3 is 5.48 Å². The molecule has 0 aliphatic rings. The van der Waals surface area contributed by atoms with Crippen LogP contribution >= 0.6 is 0 Å². The normalized spacial score (nSPS) is 4.50. The van der Waals surface area contributed by atoms with Gasteiger partial charge in [-0.15, -0.1) is 0 Å². The summed E-state index contributed by atoms with van der Waals surface area (Å²) in [5.41, 5.74) is 0. The van der Waals surface area contributed by atoms with Gasteiger partial charge in [-0.25, -0.2) is 0 Å². The van der Waals surface area contributed by atoms with Crippen LogP contribution in [-0.4, -0.2) is 51.4 Å². The van der Waals surface area contributed by atoms with Crippen LogP contribution in [0.25, 0.3) is 0 Å². The van der Waals surface area contributed by atoms with E-state index in [0.29, 0.717) is 0 Å². The molecule has 0 aromatic rings. The van der Waals surface area contributed by atoms with Crippen LogP contribution in [0, 0.1) is 0 Å². The SMILES string of the molecule is O.[Sn][O][SnH]. The molecule has 4 heavy (non-hydrogen) atoms. The monoisotopic (exact) mass is 275 g/mol. The van der Waals surface area contributed by atoms with Gasteiger partial charge in [-0.1, -0.05) is 0 Å². The summed E-state index contributed by atoms with van der Waals surface area (Å²) in [7, 11) is 0. The van der Waals surface area contributed by atoms with Crippen molar-refractivity contribution in [2.45, 2.75) is 0 Å². The summed E-state index contributed by atoms with van der Waals surface area (Å²) in [6, 6.07) is 0. The van der Waals surface area contributed by atoms with Crippen LogP contribution in [0.3, 0.4) is 0 Å². The van der Waals surface area contributed by atoms with Gasteiger partial charge in [0, 0.05) is 0 Å². The maximum atomic E-state index is 4.47. The topological polar surface area (TPSA) is 40.7 Å². The third kappa shape index (κ3) is 9.68. The molecular formula is H3O2Sn2. The van der Waals surface area contributed by atoms with Gasteiger partial charge in [0.25, 0.3) is 0 Å². The summed E-state index contributed by atoms with van der Waals surface area (Å²) < 4.78 is 4.47. The van der Waals surface area contributed by atoms with Crippen LogP contribution in [0.1, 0.15) is 0 Å². The summed E-state index contributed by atoms with van der Waals surface area (Å²) in [6.45, 7) is 0. The molecule has 2 nitrogen and oxygen atoms in total. The van der Waals surface area contributed by atoms with Gasteiger partial charge >= 0.3 is 47.3 Å². The molecule has 0 rings (SSSR count). The zero-order chi connectivity index (χ0) is 2.71. The minimum atomic E-state index is 0. The molecule has 0 bridgehead atoms. The quantitative estimate of drug-likeness (QED) is 0.474. The summed E-state index contributed by atoms with van der Waals surface area (Å²) >= 11 is 2.15. The molecule has 0 atom stereocenters. The predicted molar refractivity (Wildman–Crippen MR) is 17.6 cm³/mol. The van der Waals surface area contributed by atoms with E-state index in [-0.39, 0.29) is 5.48 Å². The van der Waals surface area contributed by atoms with Crippen molar-refractivity contribution in [1.29, 1.82) is 0 Å². The fourth-order valence-electron chi connectivity index (χ4n) is 0. The van der Waals surface area contributed by atoms with Gasteiger partial charge in [-0.2, -0.15) is 0 Å². The molecule has 0 fully saturated rings. The molecule has 23 valence electrons. The molecule has 0 amide bonds. The van der Waals surface area contributed by atoms with E-state index in [2.05, 4.69) is 1.41 Å². The fraction of sp³-hybridized carbons (Fsp3) is 0. The Morgan fingerprint density at radius 2 is 1.75 bits per heavy atom. The molecule has 0 aliphatic heterocycles. The Morgan fingerprint density at radius 3 is 1.75 bits per heavy atom. The molecule has 0 heterocycles. The standard InChI is InChI=1S/H2O.O.2Sn.H/h1H2;;;;. The average Bonchev–Trinajstić information content (AvgIpc) is 0.918. The Labute approximate surface area is 52.5 Å². The van der Waals surface area contributed by atoms with Crippen molar-refractivity contribution in [2.75, 3.05) is 0 Å². The zero-order valence-corrected chi connectivity index (χ0v) is 8.14. The number of rotatable bonds is 0. The maximum absolute atomic E-state index is 4.47. The molecule has 2 N–H and O–H groups in total. The van der Waals surface area contributed by atoms with E-state index in [9.17, 15) is 0 Å². The number of hydrogen-bond donors (Lipinski definition) is 0. The van der Waals surface area contributed by atoms with E-state index in [0.717, 1.165) is 22.9 Å². The molecule has 4 heteroatoms. The van der Waals surface area contributed by atoms with E-state index < -0.39 is 0 Å². The van der Waals surface area contributed by atoms with E-state index in [1.807, 2.05) is 0 Å². The Kier molecular flexibility index (Phi) is 20.1. The van der Waals surface area contributed by atoms with Crippen LogP contribution in [0.5, 0.6) is 0 Å². The summed E-state index contributed by atoms with van der Waals surface area (Å²) in [4.78, 5) is 0. The molecule has 5 radical (unpaired) electrons. The molecule has 0 aromatic heterocycles. The van der Waals surface area contributed by atoms with Gasteiger partial charge in [-0.3, -0.25) is 0 Å². The van der Waals surface area contributed by atoms with E-state index in [4.69, 9.17) is 0 Å². The first kappa shape index (κ1) is 9.10. The van der Waals surface area contributed by atoms with Crippen LogP contribution in [0.15, 0.2) is 0 Å².